The summed E-state index contributed by atoms with van der Waals surface area (Å²) in [4.78, 5) is 11.7. The molecule has 2 amide bonds. The average molecular weight is 250 g/mol. The molecule has 0 fully saturated rings. The molecule has 0 radical (unpaired) electrons. The molecule has 1 aliphatic heterocycles. The summed E-state index contributed by atoms with van der Waals surface area (Å²) < 4.78 is 5.52. The minimum Gasteiger partial charge on any atom is -0.493 e. The molecular formula is C13H18N2O3. The van der Waals surface area contributed by atoms with E-state index in [0.29, 0.717) is 6.61 Å². The van der Waals surface area contributed by atoms with E-state index in [4.69, 9.17) is 9.84 Å². The number of carbonyl (C=O) groups excluding carboxylic acids is 1. The van der Waals surface area contributed by atoms with Gasteiger partial charge in [-0.2, -0.15) is 0 Å². The standard InChI is InChI=1S/C13H18N2O3/c1-9(16)8-14-13(17)15-11-6-7-18-12-5-3-2-4-10(11)12/h2-5,9,11,16H,6-8H2,1H3,(H2,14,15,17)/t9-,11+/m1/s1. The topological polar surface area (TPSA) is 70.6 Å². The van der Waals surface area contributed by atoms with E-state index in [1.54, 1.807) is 6.92 Å². The van der Waals surface area contributed by atoms with E-state index in [9.17, 15) is 4.79 Å². The fraction of sp³-hybridized carbons (Fsp3) is 0.462. The zero-order valence-electron chi connectivity index (χ0n) is 10.3. The van der Waals surface area contributed by atoms with Gasteiger partial charge in [0.25, 0.3) is 0 Å². The number of fused-ring (bicyclic) bond motifs is 1. The van der Waals surface area contributed by atoms with Crippen LogP contribution in [-0.2, 0) is 0 Å². The Labute approximate surface area is 106 Å². The number of nitrogens with one attached hydrogen (secondary N) is 2. The molecule has 0 saturated carbocycles. The molecule has 5 nitrogen and oxygen atoms in total. The van der Waals surface area contributed by atoms with Gasteiger partial charge < -0.3 is 20.5 Å². The van der Waals surface area contributed by atoms with Crippen LogP contribution < -0.4 is 15.4 Å². The molecule has 1 aromatic rings. The lowest BCUT2D eigenvalue weighted by molar-refractivity contribution is 0.185. The van der Waals surface area contributed by atoms with Gasteiger partial charge in [-0.15, -0.1) is 0 Å². The van der Waals surface area contributed by atoms with Crippen LogP contribution in [0.1, 0.15) is 24.9 Å². The molecule has 0 spiro atoms. The largest absolute Gasteiger partial charge is 0.493 e. The van der Waals surface area contributed by atoms with Crippen LogP contribution in [0.3, 0.4) is 0 Å². The van der Waals surface area contributed by atoms with Crippen LogP contribution >= 0.6 is 0 Å². The van der Waals surface area contributed by atoms with Crippen molar-refractivity contribution in [3.05, 3.63) is 29.8 Å². The average Bonchev–Trinajstić information content (AvgIpc) is 2.37. The van der Waals surface area contributed by atoms with Gasteiger partial charge in [0.05, 0.1) is 18.8 Å². The summed E-state index contributed by atoms with van der Waals surface area (Å²) in [6.45, 7) is 2.47. The van der Waals surface area contributed by atoms with Gasteiger partial charge in [-0.05, 0) is 13.0 Å². The molecule has 0 aliphatic carbocycles. The summed E-state index contributed by atoms with van der Waals surface area (Å²) >= 11 is 0. The highest BCUT2D eigenvalue weighted by molar-refractivity contribution is 5.74. The Kier molecular flexibility index (Phi) is 4.04. The molecule has 5 heteroatoms. The van der Waals surface area contributed by atoms with Crippen LogP contribution in [0.4, 0.5) is 4.79 Å². The van der Waals surface area contributed by atoms with Crippen molar-refractivity contribution in [2.75, 3.05) is 13.2 Å². The first kappa shape index (κ1) is 12.7. The van der Waals surface area contributed by atoms with E-state index in [-0.39, 0.29) is 18.6 Å². The van der Waals surface area contributed by atoms with Crippen molar-refractivity contribution < 1.29 is 14.6 Å². The van der Waals surface area contributed by atoms with Crippen LogP contribution in [0, 0.1) is 0 Å². The molecule has 0 bridgehead atoms. The molecule has 2 rings (SSSR count). The summed E-state index contributed by atoms with van der Waals surface area (Å²) in [5.41, 5.74) is 0.996. The summed E-state index contributed by atoms with van der Waals surface area (Å²) in [5, 5.41) is 14.6. The lowest BCUT2D eigenvalue weighted by atomic mass is 10.0. The van der Waals surface area contributed by atoms with E-state index >= 15 is 0 Å². The maximum atomic E-state index is 11.7. The number of urea groups is 1. The number of aliphatic hydroxyl groups excluding tert-OH is 1. The first-order chi connectivity index (χ1) is 8.66. The second-order valence-electron chi connectivity index (χ2n) is 4.43. The highest BCUT2D eigenvalue weighted by Gasteiger charge is 2.22. The van der Waals surface area contributed by atoms with Gasteiger partial charge in [0.1, 0.15) is 5.75 Å². The Morgan fingerprint density at radius 3 is 3.11 bits per heavy atom. The Morgan fingerprint density at radius 1 is 1.56 bits per heavy atom. The number of benzene rings is 1. The van der Waals surface area contributed by atoms with Crippen LogP contribution in [0.15, 0.2) is 24.3 Å². The van der Waals surface area contributed by atoms with Gasteiger partial charge in [-0.3, -0.25) is 0 Å². The zero-order chi connectivity index (χ0) is 13.0. The maximum absolute atomic E-state index is 11.7. The van der Waals surface area contributed by atoms with E-state index in [0.717, 1.165) is 17.7 Å². The fourth-order valence-corrected chi connectivity index (χ4v) is 1.94. The molecule has 0 saturated heterocycles. The quantitative estimate of drug-likeness (QED) is 0.754. The van der Waals surface area contributed by atoms with Gasteiger partial charge in [0.2, 0.25) is 0 Å². The first-order valence-corrected chi connectivity index (χ1v) is 6.11. The Hall–Kier alpha value is -1.75. The van der Waals surface area contributed by atoms with Gasteiger partial charge in [-0.1, -0.05) is 18.2 Å². The summed E-state index contributed by atoms with van der Waals surface area (Å²) in [6.07, 6.45) is 0.205. The predicted octanol–water partition coefficient (Wildman–Crippen LogP) is 1.19. The lowest BCUT2D eigenvalue weighted by Gasteiger charge is -2.26. The smallest absolute Gasteiger partial charge is 0.315 e. The molecule has 18 heavy (non-hydrogen) atoms. The zero-order valence-corrected chi connectivity index (χ0v) is 10.3. The van der Waals surface area contributed by atoms with Crippen molar-refractivity contribution in [2.45, 2.75) is 25.5 Å². The lowest BCUT2D eigenvalue weighted by Crippen LogP contribution is -2.42. The number of para-hydroxylation sites is 1. The molecule has 2 atom stereocenters. The molecule has 1 aliphatic rings. The minimum atomic E-state index is -0.544. The monoisotopic (exact) mass is 250 g/mol. The predicted molar refractivity (Wildman–Crippen MR) is 67.5 cm³/mol. The van der Waals surface area contributed by atoms with Crippen LogP contribution in [0.2, 0.25) is 0 Å². The third-order valence-corrected chi connectivity index (χ3v) is 2.82. The number of amides is 2. The second kappa shape index (κ2) is 5.73. The van der Waals surface area contributed by atoms with Gasteiger partial charge >= 0.3 is 6.03 Å². The van der Waals surface area contributed by atoms with E-state index in [1.807, 2.05) is 24.3 Å². The van der Waals surface area contributed by atoms with E-state index in [1.165, 1.54) is 0 Å². The van der Waals surface area contributed by atoms with Crippen molar-refractivity contribution in [1.82, 2.24) is 10.6 Å². The maximum Gasteiger partial charge on any atom is 0.315 e. The van der Waals surface area contributed by atoms with Crippen molar-refractivity contribution in [3.8, 4) is 5.75 Å². The number of hydrogen-bond donors (Lipinski definition) is 3. The second-order valence-corrected chi connectivity index (χ2v) is 4.43. The van der Waals surface area contributed by atoms with Crippen molar-refractivity contribution in [2.24, 2.45) is 0 Å². The van der Waals surface area contributed by atoms with Crippen molar-refractivity contribution in [1.29, 1.82) is 0 Å². The highest BCUT2D eigenvalue weighted by Crippen LogP contribution is 2.31. The number of carbonyl (C=O) groups is 1. The van der Waals surface area contributed by atoms with Gasteiger partial charge in [0.15, 0.2) is 0 Å². The first-order valence-electron chi connectivity index (χ1n) is 6.11. The fourth-order valence-electron chi connectivity index (χ4n) is 1.94. The van der Waals surface area contributed by atoms with Crippen LogP contribution in [0.25, 0.3) is 0 Å². The highest BCUT2D eigenvalue weighted by atomic mass is 16.5. The molecule has 98 valence electrons. The Bertz CT molecular complexity index is 420. The number of hydrogen-bond acceptors (Lipinski definition) is 3. The molecule has 1 aromatic carbocycles. The van der Waals surface area contributed by atoms with E-state index < -0.39 is 6.10 Å². The molecule has 0 unspecified atom stereocenters. The molecular weight excluding hydrogens is 232 g/mol. The number of ether oxygens (including phenoxy) is 1. The SMILES string of the molecule is C[C@@H](O)CNC(=O)N[C@H]1CCOc2ccccc21. The van der Waals surface area contributed by atoms with Gasteiger partial charge in [0, 0.05) is 18.5 Å². The normalized spacial score (nSPS) is 19.3. The Balaban J connectivity index is 1.96. The third kappa shape index (κ3) is 3.13. The van der Waals surface area contributed by atoms with Crippen LogP contribution in [-0.4, -0.2) is 30.4 Å². The molecule has 1 heterocycles. The van der Waals surface area contributed by atoms with Crippen molar-refractivity contribution >= 4 is 6.03 Å². The number of aliphatic hydroxyl groups is 1. The summed E-state index contributed by atoms with van der Waals surface area (Å²) in [6, 6.07) is 7.39. The molecule has 3 N–H and O–H groups in total. The van der Waals surface area contributed by atoms with E-state index in [2.05, 4.69) is 10.6 Å². The van der Waals surface area contributed by atoms with Crippen LogP contribution in [0.5, 0.6) is 5.75 Å². The summed E-state index contributed by atoms with van der Waals surface area (Å²) in [7, 11) is 0. The minimum absolute atomic E-state index is 0.0380. The Morgan fingerprint density at radius 2 is 2.33 bits per heavy atom. The molecule has 0 aromatic heterocycles. The number of rotatable bonds is 3. The third-order valence-electron chi connectivity index (χ3n) is 2.82. The van der Waals surface area contributed by atoms with Crippen molar-refractivity contribution in [3.63, 3.8) is 0 Å². The van der Waals surface area contributed by atoms with Gasteiger partial charge in [-0.25, -0.2) is 4.79 Å². The summed E-state index contributed by atoms with van der Waals surface area (Å²) in [5.74, 6) is 0.824.